The maximum Gasteiger partial charge on any atom is 0.307 e. The standard InChI is InChI=1S/C17H25NO6/c1-21-9-5-7-18(8-6-16(19)24-4)17(20)13-10-14(22-2)12-15(11-13)23-3/h10-12H,5-9H2,1-4H3. The zero-order chi connectivity index (χ0) is 17.9. The van der Waals surface area contributed by atoms with Crippen molar-refractivity contribution in [2.24, 2.45) is 0 Å². The van der Waals surface area contributed by atoms with Crippen molar-refractivity contribution in [3.8, 4) is 11.5 Å². The van der Waals surface area contributed by atoms with Crippen LogP contribution in [0.4, 0.5) is 0 Å². The van der Waals surface area contributed by atoms with Gasteiger partial charge in [0.05, 0.1) is 27.8 Å². The fourth-order valence-electron chi connectivity index (χ4n) is 2.16. The molecule has 1 aromatic carbocycles. The van der Waals surface area contributed by atoms with E-state index < -0.39 is 0 Å². The van der Waals surface area contributed by atoms with E-state index in [4.69, 9.17) is 14.2 Å². The lowest BCUT2D eigenvalue weighted by Gasteiger charge is -2.22. The van der Waals surface area contributed by atoms with Gasteiger partial charge in [0.1, 0.15) is 11.5 Å². The number of hydrogen-bond acceptors (Lipinski definition) is 6. The molecule has 0 N–H and O–H groups in total. The van der Waals surface area contributed by atoms with Crippen LogP contribution in [0.25, 0.3) is 0 Å². The van der Waals surface area contributed by atoms with Crippen LogP contribution in [-0.2, 0) is 14.3 Å². The van der Waals surface area contributed by atoms with Gasteiger partial charge in [0.2, 0.25) is 0 Å². The van der Waals surface area contributed by atoms with Crippen molar-refractivity contribution in [1.82, 2.24) is 4.90 Å². The van der Waals surface area contributed by atoms with Gasteiger partial charge in [-0.25, -0.2) is 0 Å². The number of nitrogens with zero attached hydrogens (tertiary/aromatic N) is 1. The number of carbonyl (C=O) groups is 2. The van der Waals surface area contributed by atoms with Gasteiger partial charge < -0.3 is 23.8 Å². The minimum absolute atomic E-state index is 0.135. The third-order valence-electron chi connectivity index (χ3n) is 3.48. The van der Waals surface area contributed by atoms with Crippen molar-refractivity contribution in [1.29, 1.82) is 0 Å². The lowest BCUT2D eigenvalue weighted by Crippen LogP contribution is -2.34. The summed E-state index contributed by atoms with van der Waals surface area (Å²) in [5.74, 6) is 0.500. The van der Waals surface area contributed by atoms with Crippen LogP contribution in [0.1, 0.15) is 23.2 Å². The van der Waals surface area contributed by atoms with E-state index in [-0.39, 0.29) is 24.8 Å². The molecule has 0 aliphatic heterocycles. The van der Waals surface area contributed by atoms with E-state index in [0.717, 1.165) is 0 Å². The molecule has 0 heterocycles. The van der Waals surface area contributed by atoms with Crippen molar-refractivity contribution in [3.05, 3.63) is 23.8 Å². The van der Waals surface area contributed by atoms with Gasteiger partial charge in [0.15, 0.2) is 0 Å². The van der Waals surface area contributed by atoms with Crippen LogP contribution in [0.2, 0.25) is 0 Å². The van der Waals surface area contributed by atoms with E-state index in [1.807, 2.05) is 0 Å². The highest BCUT2D eigenvalue weighted by atomic mass is 16.5. The molecule has 1 rings (SSSR count). The molecule has 0 aromatic heterocycles. The summed E-state index contributed by atoms with van der Waals surface area (Å²) >= 11 is 0. The molecule has 0 aliphatic rings. The Balaban J connectivity index is 2.93. The first-order chi connectivity index (χ1) is 11.5. The molecule has 0 unspecified atom stereocenters. The predicted octanol–water partition coefficient (Wildman–Crippen LogP) is 1.75. The number of carbonyl (C=O) groups excluding carboxylic acids is 2. The second kappa shape index (κ2) is 10.5. The third-order valence-corrected chi connectivity index (χ3v) is 3.48. The van der Waals surface area contributed by atoms with Crippen molar-refractivity contribution in [2.45, 2.75) is 12.8 Å². The fourth-order valence-corrected chi connectivity index (χ4v) is 2.16. The molecule has 0 fully saturated rings. The molecule has 0 aliphatic carbocycles. The van der Waals surface area contributed by atoms with Crippen LogP contribution >= 0.6 is 0 Å². The molecule has 0 saturated heterocycles. The lowest BCUT2D eigenvalue weighted by atomic mass is 10.1. The Bertz CT molecular complexity index is 524. The highest BCUT2D eigenvalue weighted by Gasteiger charge is 2.18. The quantitative estimate of drug-likeness (QED) is 0.477. The van der Waals surface area contributed by atoms with Crippen LogP contribution in [0.3, 0.4) is 0 Å². The highest BCUT2D eigenvalue weighted by molar-refractivity contribution is 5.95. The number of hydrogen-bond donors (Lipinski definition) is 0. The molecular weight excluding hydrogens is 314 g/mol. The lowest BCUT2D eigenvalue weighted by molar-refractivity contribution is -0.140. The van der Waals surface area contributed by atoms with Gasteiger partial charge in [-0.15, -0.1) is 0 Å². The summed E-state index contributed by atoms with van der Waals surface area (Å²) in [7, 11) is 5.98. The van der Waals surface area contributed by atoms with Crippen molar-refractivity contribution in [3.63, 3.8) is 0 Å². The number of ether oxygens (including phenoxy) is 4. The Morgan fingerprint density at radius 3 is 2.08 bits per heavy atom. The molecule has 7 nitrogen and oxygen atoms in total. The molecule has 0 spiro atoms. The number of methoxy groups -OCH3 is 4. The summed E-state index contributed by atoms with van der Waals surface area (Å²) in [5, 5.41) is 0. The highest BCUT2D eigenvalue weighted by Crippen LogP contribution is 2.23. The minimum Gasteiger partial charge on any atom is -0.497 e. The average molecular weight is 339 g/mol. The monoisotopic (exact) mass is 339 g/mol. The molecular formula is C17H25NO6. The summed E-state index contributed by atoms with van der Waals surface area (Å²) < 4.78 is 20.1. The Morgan fingerprint density at radius 1 is 0.958 bits per heavy atom. The second-order valence-corrected chi connectivity index (χ2v) is 5.07. The topological polar surface area (TPSA) is 74.3 Å². The second-order valence-electron chi connectivity index (χ2n) is 5.07. The smallest absolute Gasteiger partial charge is 0.307 e. The maximum absolute atomic E-state index is 12.8. The van der Waals surface area contributed by atoms with Crippen molar-refractivity contribution < 1.29 is 28.5 Å². The first kappa shape index (κ1) is 19.8. The molecule has 0 radical (unpaired) electrons. The number of benzene rings is 1. The number of amides is 1. The van der Waals surface area contributed by atoms with Gasteiger partial charge in [-0.1, -0.05) is 0 Å². The van der Waals surface area contributed by atoms with Crippen LogP contribution in [-0.4, -0.2) is 64.9 Å². The Morgan fingerprint density at radius 2 is 1.58 bits per heavy atom. The number of rotatable bonds is 10. The molecule has 1 amide bonds. The fraction of sp³-hybridized carbons (Fsp3) is 0.529. The predicted molar refractivity (Wildman–Crippen MR) is 88.6 cm³/mol. The van der Waals surface area contributed by atoms with Crippen LogP contribution in [0.15, 0.2) is 18.2 Å². The van der Waals surface area contributed by atoms with Crippen LogP contribution in [0, 0.1) is 0 Å². The molecule has 0 saturated carbocycles. The van der Waals surface area contributed by atoms with E-state index in [1.54, 1.807) is 30.2 Å². The minimum atomic E-state index is -0.359. The Hall–Kier alpha value is -2.28. The van der Waals surface area contributed by atoms with Crippen LogP contribution < -0.4 is 9.47 Å². The van der Waals surface area contributed by atoms with Gasteiger partial charge in [0.25, 0.3) is 5.91 Å². The van der Waals surface area contributed by atoms with Gasteiger partial charge in [-0.3, -0.25) is 9.59 Å². The Kier molecular flexibility index (Phi) is 8.64. The largest absolute Gasteiger partial charge is 0.497 e. The zero-order valence-corrected chi connectivity index (χ0v) is 14.7. The van der Waals surface area contributed by atoms with Crippen LogP contribution in [0.5, 0.6) is 11.5 Å². The zero-order valence-electron chi connectivity index (χ0n) is 14.7. The summed E-state index contributed by atoms with van der Waals surface area (Å²) in [5.41, 5.74) is 0.438. The summed E-state index contributed by atoms with van der Waals surface area (Å²) in [6, 6.07) is 4.99. The molecule has 134 valence electrons. The van der Waals surface area contributed by atoms with E-state index in [9.17, 15) is 9.59 Å². The van der Waals surface area contributed by atoms with Crippen molar-refractivity contribution in [2.75, 3.05) is 48.1 Å². The number of esters is 1. The van der Waals surface area contributed by atoms with E-state index in [1.165, 1.54) is 21.3 Å². The average Bonchev–Trinajstić information content (AvgIpc) is 2.62. The molecule has 0 atom stereocenters. The molecule has 1 aromatic rings. The Labute approximate surface area is 142 Å². The molecule has 0 bridgehead atoms. The summed E-state index contributed by atoms with van der Waals surface area (Å²) in [6.45, 7) is 1.28. The summed E-state index contributed by atoms with van der Waals surface area (Å²) in [4.78, 5) is 25.8. The van der Waals surface area contributed by atoms with Crippen molar-refractivity contribution >= 4 is 11.9 Å². The van der Waals surface area contributed by atoms with E-state index in [0.29, 0.717) is 36.6 Å². The normalized spacial score (nSPS) is 10.2. The maximum atomic E-state index is 12.8. The molecule has 24 heavy (non-hydrogen) atoms. The third kappa shape index (κ3) is 6.08. The van der Waals surface area contributed by atoms with Gasteiger partial charge in [0, 0.05) is 38.4 Å². The van der Waals surface area contributed by atoms with Gasteiger partial charge in [-0.05, 0) is 18.6 Å². The van der Waals surface area contributed by atoms with E-state index >= 15 is 0 Å². The van der Waals surface area contributed by atoms with E-state index in [2.05, 4.69) is 4.74 Å². The SMILES string of the molecule is COCCCN(CCC(=O)OC)C(=O)c1cc(OC)cc(OC)c1. The first-order valence-electron chi connectivity index (χ1n) is 7.63. The first-order valence-corrected chi connectivity index (χ1v) is 7.63. The molecule has 7 heteroatoms. The summed E-state index contributed by atoms with van der Waals surface area (Å²) in [6.07, 6.45) is 0.806. The van der Waals surface area contributed by atoms with Gasteiger partial charge in [-0.2, -0.15) is 0 Å². The van der Waals surface area contributed by atoms with Gasteiger partial charge >= 0.3 is 5.97 Å².